The van der Waals surface area contributed by atoms with E-state index in [1.165, 1.54) is 12.3 Å². The van der Waals surface area contributed by atoms with Gasteiger partial charge in [-0.1, -0.05) is 11.6 Å². The summed E-state index contributed by atoms with van der Waals surface area (Å²) in [6.45, 7) is 1.49. The maximum absolute atomic E-state index is 12.8. The summed E-state index contributed by atoms with van der Waals surface area (Å²) in [6.07, 6.45) is -4.16. The van der Waals surface area contributed by atoms with Crippen LogP contribution >= 0.6 is 22.9 Å². The van der Waals surface area contributed by atoms with Gasteiger partial charge >= 0.3 is 6.18 Å². The van der Waals surface area contributed by atoms with E-state index in [4.69, 9.17) is 11.6 Å². The molecule has 2 aromatic rings. The quantitative estimate of drug-likeness (QED) is 0.622. The average Bonchev–Trinajstić information content (AvgIpc) is 2.76. The number of aromatic nitrogens is 2. The lowest BCUT2D eigenvalue weighted by Crippen LogP contribution is -2.07. The van der Waals surface area contributed by atoms with Crippen molar-refractivity contribution in [1.29, 1.82) is 0 Å². The number of hydrogen-bond acceptors (Lipinski definition) is 4. The molecule has 0 atom stereocenters. The van der Waals surface area contributed by atoms with Crippen molar-refractivity contribution in [2.75, 3.05) is 0 Å². The molecule has 0 bridgehead atoms. The monoisotopic (exact) mass is 306 g/mol. The van der Waals surface area contributed by atoms with Gasteiger partial charge in [0.2, 0.25) is 0 Å². The van der Waals surface area contributed by atoms with E-state index < -0.39 is 11.7 Å². The Morgan fingerprint density at radius 1 is 1.32 bits per heavy atom. The fraction of sp³-hybridized carbons (Fsp3) is 0.182. The van der Waals surface area contributed by atoms with Crippen molar-refractivity contribution in [2.24, 2.45) is 0 Å². The molecule has 3 nitrogen and oxygen atoms in total. The lowest BCUT2D eigenvalue weighted by Gasteiger charge is -2.10. The van der Waals surface area contributed by atoms with Crippen LogP contribution in [0.4, 0.5) is 13.2 Å². The normalized spacial score (nSPS) is 11.6. The van der Waals surface area contributed by atoms with Crippen LogP contribution in [-0.2, 0) is 6.18 Å². The highest BCUT2D eigenvalue weighted by atomic mass is 35.5. The predicted molar refractivity (Wildman–Crippen MR) is 65.5 cm³/mol. The molecule has 0 aliphatic heterocycles. The molecule has 0 unspecified atom stereocenters. The van der Waals surface area contributed by atoms with Crippen molar-refractivity contribution in [3.05, 3.63) is 32.9 Å². The Bertz CT molecular complexity index is 639. The zero-order valence-corrected chi connectivity index (χ0v) is 11.0. The number of carbonyl (C=O) groups is 1. The maximum Gasteiger partial charge on any atom is 0.417 e. The molecular formula is C11H6ClF3N2OS. The van der Waals surface area contributed by atoms with Crippen molar-refractivity contribution >= 4 is 29.2 Å². The first kappa shape index (κ1) is 14.0. The summed E-state index contributed by atoms with van der Waals surface area (Å²) >= 11 is 6.64. The fourth-order valence-corrected chi connectivity index (χ4v) is 2.65. The third-order valence-corrected chi connectivity index (χ3v) is 3.38. The molecule has 0 aliphatic rings. The van der Waals surface area contributed by atoms with E-state index in [-0.39, 0.29) is 27.8 Å². The van der Waals surface area contributed by atoms with Gasteiger partial charge in [0, 0.05) is 16.3 Å². The van der Waals surface area contributed by atoms with Crippen LogP contribution in [0.5, 0.6) is 0 Å². The smallest absolute Gasteiger partial charge is 0.298 e. The van der Waals surface area contributed by atoms with Crippen LogP contribution < -0.4 is 0 Å². The second-order valence-corrected chi connectivity index (χ2v) is 4.74. The lowest BCUT2D eigenvalue weighted by atomic mass is 10.1. The number of nitrogens with zero attached hydrogens (tertiary/aromatic N) is 2. The van der Waals surface area contributed by atoms with Gasteiger partial charge in [-0.25, -0.2) is 9.97 Å². The lowest BCUT2D eigenvalue weighted by molar-refractivity contribution is -0.136. The SMILES string of the molecule is Cc1nc(Cl)c(C=O)c(-c2cscc2C(F)(F)F)n1. The summed E-state index contributed by atoms with van der Waals surface area (Å²) in [5, 5.41) is 2.10. The third kappa shape index (κ3) is 2.62. The van der Waals surface area contributed by atoms with Crippen molar-refractivity contribution in [2.45, 2.75) is 13.1 Å². The number of halogens is 4. The predicted octanol–water partition coefficient (Wildman–Crippen LogP) is 4.00. The minimum atomic E-state index is -4.51. The molecule has 0 radical (unpaired) electrons. The molecule has 2 rings (SSSR count). The number of aldehydes is 1. The number of alkyl halides is 3. The Morgan fingerprint density at radius 3 is 2.58 bits per heavy atom. The van der Waals surface area contributed by atoms with E-state index in [0.29, 0.717) is 6.29 Å². The molecule has 2 heterocycles. The molecule has 0 N–H and O–H groups in total. The van der Waals surface area contributed by atoms with Crippen LogP contribution in [0.3, 0.4) is 0 Å². The zero-order chi connectivity index (χ0) is 14.2. The Hall–Kier alpha value is -1.47. The maximum atomic E-state index is 12.8. The summed E-state index contributed by atoms with van der Waals surface area (Å²) in [5.41, 5.74) is -1.24. The summed E-state index contributed by atoms with van der Waals surface area (Å²) in [6, 6.07) is 0. The number of aryl methyl sites for hydroxylation is 1. The van der Waals surface area contributed by atoms with Crippen LogP contribution in [0.2, 0.25) is 5.15 Å². The van der Waals surface area contributed by atoms with Crippen molar-refractivity contribution in [3.8, 4) is 11.3 Å². The molecule has 0 aromatic carbocycles. The topological polar surface area (TPSA) is 42.9 Å². The molecule has 0 amide bonds. The molecule has 0 saturated carbocycles. The third-order valence-electron chi connectivity index (χ3n) is 2.35. The first-order valence-corrected chi connectivity index (χ1v) is 6.29. The number of hydrogen-bond donors (Lipinski definition) is 0. The fourth-order valence-electron chi connectivity index (χ4n) is 1.56. The van der Waals surface area contributed by atoms with Gasteiger partial charge < -0.3 is 0 Å². The standard InChI is InChI=1S/C11H6ClF3N2OS/c1-5-16-9(6(2-18)10(12)17-5)7-3-19-4-8(7)11(13,14)15/h2-4H,1H3. The zero-order valence-electron chi connectivity index (χ0n) is 9.45. The van der Waals surface area contributed by atoms with Crippen molar-refractivity contribution in [1.82, 2.24) is 9.97 Å². The highest BCUT2D eigenvalue weighted by Crippen LogP contribution is 2.40. The minimum Gasteiger partial charge on any atom is -0.298 e. The highest BCUT2D eigenvalue weighted by Gasteiger charge is 2.35. The van der Waals surface area contributed by atoms with E-state index in [0.717, 1.165) is 16.7 Å². The molecule has 0 spiro atoms. The first-order valence-electron chi connectivity index (χ1n) is 4.97. The average molecular weight is 307 g/mol. The van der Waals surface area contributed by atoms with Gasteiger partial charge in [0.1, 0.15) is 11.0 Å². The first-order chi connectivity index (χ1) is 8.84. The van der Waals surface area contributed by atoms with Crippen LogP contribution in [0.25, 0.3) is 11.3 Å². The largest absolute Gasteiger partial charge is 0.417 e. The van der Waals surface area contributed by atoms with E-state index in [9.17, 15) is 18.0 Å². The van der Waals surface area contributed by atoms with E-state index in [1.807, 2.05) is 0 Å². The van der Waals surface area contributed by atoms with Crippen LogP contribution in [-0.4, -0.2) is 16.3 Å². The van der Waals surface area contributed by atoms with Crippen molar-refractivity contribution in [3.63, 3.8) is 0 Å². The highest BCUT2D eigenvalue weighted by molar-refractivity contribution is 7.08. The van der Waals surface area contributed by atoms with Gasteiger partial charge in [-0.3, -0.25) is 4.79 Å². The number of carbonyl (C=O) groups excluding carboxylic acids is 1. The molecule has 0 aliphatic carbocycles. The number of thiophene rings is 1. The summed E-state index contributed by atoms with van der Waals surface area (Å²) in [4.78, 5) is 18.6. The summed E-state index contributed by atoms with van der Waals surface area (Å²) in [7, 11) is 0. The van der Waals surface area contributed by atoms with Crippen LogP contribution in [0.1, 0.15) is 21.7 Å². The van der Waals surface area contributed by atoms with E-state index in [1.54, 1.807) is 0 Å². The summed E-state index contributed by atoms with van der Waals surface area (Å²) < 4.78 is 38.5. The van der Waals surface area contributed by atoms with Crippen LogP contribution in [0, 0.1) is 6.92 Å². The molecule has 0 saturated heterocycles. The Morgan fingerprint density at radius 2 is 2.00 bits per heavy atom. The Labute approximate surface area is 115 Å². The Kier molecular flexibility index (Phi) is 3.60. The van der Waals surface area contributed by atoms with Crippen LogP contribution in [0.15, 0.2) is 10.8 Å². The van der Waals surface area contributed by atoms with Gasteiger partial charge in [0.15, 0.2) is 6.29 Å². The van der Waals surface area contributed by atoms with Gasteiger partial charge in [-0.2, -0.15) is 24.5 Å². The molecule has 0 fully saturated rings. The van der Waals surface area contributed by atoms with Crippen molar-refractivity contribution < 1.29 is 18.0 Å². The van der Waals surface area contributed by atoms with Gasteiger partial charge in [-0.05, 0) is 6.92 Å². The second kappa shape index (κ2) is 4.90. The molecular weight excluding hydrogens is 301 g/mol. The van der Waals surface area contributed by atoms with E-state index in [2.05, 4.69) is 9.97 Å². The van der Waals surface area contributed by atoms with Gasteiger partial charge in [-0.15, -0.1) is 0 Å². The molecule has 100 valence electrons. The van der Waals surface area contributed by atoms with Gasteiger partial charge in [0.05, 0.1) is 16.8 Å². The molecule has 2 aromatic heterocycles. The minimum absolute atomic E-state index is 0.0962. The van der Waals surface area contributed by atoms with E-state index >= 15 is 0 Å². The van der Waals surface area contributed by atoms with Gasteiger partial charge in [0.25, 0.3) is 0 Å². The molecule has 19 heavy (non-hydrogen) atoms. The molecule has 8 heteroatoms. The second-order valence-electron chi connectivity index (χ2n) is 3.64. The number of rotatable bonds is 2. The summed E-state index contributed by atoms with van der Waals surface area (Å²) in [5.74, 6) is 0.199. The Balaban J connectivity index is 2.73.